The van der Waals surface area contributed by atoms with Crippen LogP contribution in [0.1, 0.15) is 65.8 Å². The highest BCUT2D eigenvalue weighted by molar-refractivity contribution is 5.93. The number of hydrogen-bond donors (Lipinski definition) is 2. The van der Waals surface area contributed by atoms with Crippen molar-refractivity contribution in [1.29, 1.82) is 0 Å². The summed E-state index contributed by atoms with van der Waals surface area (Å²) < 4.78 is 17.0. The molecule has 0 bridgehead atoms. The molecule has 0 radical (unpaired) electrons. The highest BCUT2D eigenvalue weighted by Gasteiger charge is 2.30. The molecule has 2 unspecified atom stereocenters. The average molecular weight is 593 g/mol. The van der Waals surface area contributed by atoms with Crippen molar-refractivity contribution >= 4 is 23.8 Å². The zero-order valence-corrected chi connectivity index (χ0v) is 24.2. The molecule has 228 valence electrons. The second-order valence-electron chi connectivity index (χ2n) is 10.1. The van der Waals surface area contributed by atoms with Crippen LogP contribution in [0.2, 0.25) is 0 Å². The SMILES string of the molecule is CCC(CC)OC(=O)C(Cc1ccc(OC(=O)c2ccccc2)c(OC(=O)c2ccccc2)c1)NC(=O)C1CCCN1.F. The zero-order valence-electron chi connectivity index (χ0n) is 24.2. The van der Waals surface area contributed by atoms with Crippen LogP contribution in [0, 0.1) is 0 Å². The highest BCUT2D eigenvalue weighted by Crippen LogP contribution is 2.31. The van der Waals surface area contributed by atoms with E-state index in [1.165, 1.54) is 12.1 Å². The van der Waals surface area contributed by atoms with Crippen molar-refractivity contribution in [3.63, 3.8) is 0 Å². The first-order valence-electron chi connectivity index (χ1n) is 14.3. The molecule has 0 spiro atoms. The molecule has 43 heavy (non-hydrogen) atoms. The largest absolute Gasteiger partial charge is 0.461 e. The van der Waals surface area contributed by atoms with Crippen molar-refractivity contribution in [3.8, 4) is 11.5 Å². The maximum Gasteiger partial charge on any atom is 0.343 e. The summed E-state index contributed by atoms with van der Waals surface area (Å²) in [6, 6.07) is 20.2. The Labute approximate surface area is 250 Å². The van der Waals surface area contributed by atoms with Crippen molar-refractivity contribution < 1.29 is 38.1 Å². The Morgan fingerprint density at radius 2 is 1.42 bits per heavy atom. The van der Waals surface area contributed by atoms with Crippen LogP contribution in [-0.4, -0.2) is 48.5 Å². The van der Waals surface area contributed by atoms with Crippen LogP contribution in [0.25, 0.3) is 0 Å². The van der Waals surface area contributed by atoms with Crippen LogP contribution in [0.3, 0.4) is 0 Å². The Hall–Kier alpha value is -4.57. The van der Waals surface area contributed by atoms with E-state index in [0.717, 1.165) is 13.0 Å². The van der Waals surface area contributed by atoms with Crippen molar-refractivity contribution in [2.45, 2.75) is 64.1 Å². The number of carbonyl (C=O) groups excluding carboxylic acids is 4. The molecule has 4 rings (SSSR count). The quantitative estimate of drug-likeness (QED) is 0.228. The van der Waals surface area contributed by atoms with Gasteiger partial charge in [-0.25, -0.2) is 14.4 Å². The molecule has 10 heteroatoms. The van der Waals surface area contributed by atoms with Gasteiger partial charge >= 0.3 is 17.9 Å². The van der Waals surface area contributed by atoms with E-state index in [1.54, 1.807) is 66.7 Å². The fourth-order valence-electron chi connectivity index (χ4n) is 4.62. The fraction of sp³-hybridized carbons (Fsp3) is 0.333. The van der Waals surface area contributed by atoms with Gasteiger partial charge in [-0.2, -0.15) is 0 Å². The average Bonchev–Trinajstić information content (AvgIpc) is 3.57. The molecule has 3 aromatic rings. The van der Waals surface area contributed by atoms with E-state index in [0.29, 0.717) is 36.0 Å². The molecule has 0 saturated carbocycles. The van der Waals surface area contributed by atoms with Gasteiger partial charge in [0.15, 0.2) is 11.5 Å². The van der Waals surface area contributed by atoms with Gasteiger partial charge in [0.2, 0.25) is 5.91 Å². The normalized spacial score (nSPS) is 14.7. The summed E-state index contributed by atoms with van der Waals surface area (Å²) in [6.45, 7) is 4.60. The summed E-state index contributed by atoms with van der Waals surface area (Å²) >= 11 is 0. The predicted octanol–water partition coefficient (Wildman–Crippen LogP) is 4.79. The van der Waals surface area contributed by atoms with Crippen LogP contribution >= 0.6 is 0 Å². The predicted molar refractivity (Wildman–Crippen MR) is 159 cm³/mol. The summed E-state index contributed by atoms with van der Waals surface area (Å²) in [4.78, 5) is 51.9. The number of esters is 3. The second-order valence-corrected chi connectivity index (χ2v) is 10.1. The van der Waals surface area contributed by atoms with E-state index in [-0.39, 0.29) is 40.7 Å². The Morgan fingerprint density at radius 1 is 0.837 bits per heavy atom. The van der Waals surface area contributed by atoms with E-state index in [4.69, 9.17) is 14.2 Å². The molecular weight excluding hydrogens is 555 g/mol. The Balaban J connectivity index is 0.00000506. The number of rotatable bonds is 12. The maximum atomic E-state index is 13.2. The lowest BCUT2D eigenvalue weighted by Gasteiger charge is -2.23. The third-order valence-corrected chi connectivity index (χ3v) is 7.04. The second kappa shape index (κ2) is 16.2. The monoisotopic (exact) mass is 592 g/mol. The maximum absolute atomic E-state index is 13.2. The van der Waals surface area contributed by atoms with E-state index in [2.05, 4.69) is 10.6 Å². The zero-order chi connectivity index (χ0) is 29.9. The topological polar surface area (TPSA) is 120 Å². The standard InChI is InChI=1S/C33H36N2O7.FH/c1-3-25(4-2)40-33(39)27(35-30(36)26-16-11-19-34-26)20-22-17-18-28(41-31(37)23-12-7-5-8-13-23)29(21-22)42-32(38)24-14-9-6-10-15-24;/h5-10,12-15,17-18,21,25-27,34H,3-4,11,16,19-20H2,1-2H3,(H,35,36);1H. The van der Waals surface area contributed by atoms with Crippen molar-refractivity contribution in [2.24, 2.45) is 0 Å². The fourth-order valence-corrected chi connectivity index (χ4v) is 4.62. The first kappa shape index (κ1) is 32.9. The van der Waals surface area contributed by atoms with Crippen LogP contribution in [0.15, 0.2) is 78.9 Å². The first-order chi connectivity index (χ1) is 20.4. The lowest BCUT2D eigenvalue weighted by Crippen LogP contribution is -2.50. The van der Waals surface area contributed by atoms with Crippen molar-refractivity contribution in [1.82, 2.24) is 10.6 Å². The van der Waals surface area contributed by atoms with Gasteiger partial charge in [-0.3, -0.25) is 9.50 Å². The Kier molecular flexibility index (Phi) is 12.4. The van der Waals surface area contributed by atoms with Crippen LogP contribution in [0.5, 0.6) is 11.5 Å². The van der Waals surface area contributed by atoms with Crippen LogP contribution in [-0.2, 0) is 20.7 Å². The van der Waals surface area contributed by atoms with Gasteiger partial charge in [0.25, 0.3) is 0 Å². The van der Waals surface area contributed by atoms with E-state index in [9.17, 15) is 19.2 Å². The number of halogens is 1. The number of carbonyl (C=O) groups is 4. The molecule has 0 aliphatic carbocycles. The van der Waals surface area contributed by atoms with Crippen molar-refractivity contribution in [3.05, 3.63) is 95.6 Å². The number of hydrogen-bond acceptors (Lipinski definition) is 8. The highest BCUT2D eigenvalue weighted by atomic mass is 19.0. The Morgan fingerprint density at radius 3 is 1.95 bits per heavy atom. The van der Waals surface area contributed by atoms with Crippen molar-refractivity contribution in [2.75, 3.05) is 6.54 Å². The van der Waals surface area contributed by atoms with Gasteiger partial charge in [0, 0.05) is 6.42 Å². The molecule has 1 saturated heterocycles. The summed E-state index contributed by atoms with van der Waals surface area (Å²) in [5.74, 6) is -2.05. The number of nitrogens with one attached hydrogen (secondary N) is 2. The molecule has 1 heterocycles. The summed E-state index contributed by atoms with van der Waals surface area (Å²) in [5, 5.41) is 5.99. The molecule has 1 amide bonds. The van der Waals surface area contributed by atoms with E-state index >= 15 is 0 Å². The first-order valence-corrected chi connectivity index (χ1v) is 14.3. The molecule has 1 aliphatic rings. The molecule has 2 N–H and O–H groups in total. The van der Waals surface area contributed by atoms with E-state index < -0.39 is 23.9 Å². The summed E-state index contributed by atoms with van der Waals surface area (Å²) in [6.07, 6.45) is 2.65. The van der Waals surface area contributed by atoms with Gasteiger partial charge in [-0.1, -0.05) is 56.3 Å². The van der Waals surface area contributed by atoms with Crippen LogP contribution < -0.4 is 20.1 Å². The number of ether oxygens (including phenoxy) is 3. The lowest BCUT2D eigenvalue weighted by atomic mass is 10.0. The smallest absolute Gasteiger partial charge is 0.343 e. The minimum absolute atomic E-state index is 0. The third kappa shape index (κ3) is 9.21. The number of amides is 1. The molecule has 3 aromatic carbocycles. The van der Waals surface area contributed by atoms with Crippen LogP contribution in [0.4, 0.5) is 4.70 Å². The molecule has 1 fully saturated rings. The Bertz CT molecular complexity index is 1370. The molecule has 9 nitrogen and oxygen atoms in total. The summed E-state index contributed by atoms with van der Waals surface area (Å²) in [7, 11) is 0. The summed E-state index contributed by atoms with van der Waals surface area (Å²) in [5.41, 5.74) is 1.21. The van der Waals surface area contributed by atoms with Gasteiger partial charge in [0.1, 0.15) is 12.1 Å². The molecular formula is C33H37FN2O7. The van der Waals surface area contributed by atoms with Gasteiger partial charge in [-0.15, -0.1) is 0 Å². The molecule has 1 aliphatic heterocycles. The van der Waals surface area contributed by atoms with E-state index in [1.807, 2.05) is 13.8 Å². The number of benzene rings is 3. The molecule has 0 aromatic heterocycles. The van der Waals surface area contributed by atoms with Gasteiger partial charge in [0.05, 0.1) is 17.2 Å². The minimum atomic E-state index is -0.976. The van der Waals surface area contributed by atoms with Gasteiger partial charge in [-0.05, 0) is 74.2 Å². The minimum Gasteiger partial charge on any atom is -0.461 e. The third-order valence-electron chi connectivity index (χ3n) is 7.04. The molecule has 2 atom stereocenters. The van der Waals surface area contributed by atoms with Gasteiger partial charge < -0.3 is 24.8 Å². The lowest BCUT2D eigenvalue weighted by molar-refractivity contribution is -0.153.